The number of nitrogens with one attached hydrogen (secondary N) is 1. The Bertz CT molecular complexity index is 773. The Hall–Kier alpha value is -1.83. The van der Waals surface area contributed by atoms with Crippen molar-refractivity contribution in [1.29, 1.82) is 0 Å². The average molecular weight is 441 g/mol. The van der Waals surface area contributed by atoms with Crippen LogP contribution in [0.5, 0.6) is 0 Å². The molecule has 30 heavy (non-hydrogen) atoms. The number of tetrazole rings is 1. The SMILES string of the molecule is CCCCOP(=O)(OCCCC)[C@H](Nc1nnn(CCCC)n1)c1ccc(F)cc1. The number of aromatic nitrogens is 4. The molecule has 0 saturated heterocycles. The highest BCUT2D eigenvalue weighted by Crippen LogP contribution is 2.61. The van der Waals surface area contributed by atoms with Crippen molar-refractivity contribution in [2.24, 2.45) is 0 Å². The number of halogens is 1. The molecular formula is C20H33FN5O3P. The first-order valence-corrected chi connectivity index (χ1v) is 12.3. The number of hydrogen-bond donors (Lipinski definition) is 1. The standard InChI is InChI=1S/C20H33FN5O3P/c1-4-7-14-26-24-20(23-25-26)22-19(17-10-12-18(21)13-11-17)30(27,28-15-8-5-2)29-16-9-6-3/h10-13,19H,4-9,14-16H2,1-3H3,(H,22,24)/t19-/m0/s1. The summed E-state index contributed by atoms with van der Waals surface area (Å²) in [7, 11) is -3.65. The van der Waals surface area contributed by atoms with Crippen LogP contribution in [0.15, 0.2) is 24.3 Å². The molecular weight excluding hydrogens is 408 g/mol. The predicted octanol–water partition coefficient (Wildman–Crippen LogP) is 5.55. The van der Waals surface area contributed by atoms with E-state index in [1.54, 1.807) is 12.1 Å². The topological polar surface area (TPSA) is 91.2 Å². The molecule has 168 valence electrons. The van der Waals surface area contributed by atoms with Crippen LogP contribution in [-0.2, 0) is 20.2 Å². The van der Waals surface area contributed by atoms with Gasteiger partial charge in [0, 0.05) is 0 Å². The van der Waals surface area contributed by atoms with Gasteiger partial charge in [-0.05, 0) is 42.2 Å². The molecule has 1 aromatic heterocycles. The molecule has 2 aromatic rings. The largest absolute Gasteiger partial charge is 0.357 e. The summed E-state index contributed by atoms with van der Waals surface area (Å²) in [6, 6.07) is 5.76. The Labute approximate surface area is 178 Å². The van der Waals surface area contributed by atoms with Gasteiger partial charge in [-0.1, -0.05) is 57.3 Å². The van der Waals surface area contributed by atoms with E-state index >= 15 is 0 Å². The lowest BCUT2D eigenvalue weighted by Crippen LogP contribution is -2.17. The highest BCUT2D eigenvalue weighted by atomic mass is 31.2. The van der Waals surface area contributed by atoms with Crippen molar-refractivity contribution in [3.05, 3.63) is 35.6 Å². The van der Waals surface area contributed by atoms with E-state index in [-0.39, 0.29) is 11.8 Å². The fraction of sp³-hybridized carbons (Fsp3) is 0.650. The van der Waals surface area contributed by atoms with Gasteiger partial charge in [-0.15, -0.1) is 5.10 Å². The summed E-state index contributed by atoms with van der Waals surface area (Å²) in [5, 5.41) is 15.4. The van der Waals surface area contributed by atoms with E-state index in [1.165, 1.54) is 16.9 Å². The predicted molar refractivity (Wildman–Crippen MR) is 115 cm³/mol. The maximum Gasteiger partial charge on any atom is 0.357 e. The van der Waals surface area contributed by atoms with E-state index in [1.807, 2.05) is 13.8 Å². The first-order chi connectivity index (χ1) is 14.5. The first kappa shape index (κ1) is 24.4. The lowest BCUT2D eigenvalue weighted by Gasteiger charge is -2.27. The van der Waals surface area contributed by atoms with Crippen LogP contribution in [0.25, 0.3) is 0 Å². The molecule has 8 nitrogen and oxygen atoms in total. The smallest absolute Gasteiger partial charge is 0.334 e. The monoisotopic (exact) mass is 441 g/mol. The molecule has 0 amide bonds. The molecule has 0 aliphatic rings. The first-order valence-electron chi connectivity index (χ1n) is 10.7. The lowest BCUT2D eigenvalue weighted by molar-refractivity contribution is 0.194. The van der Waals surface area contributed by atoms with Crippen molar-refractivity contribution >= 4 is 13.5 Å². The van der Waals surface area contributed by atoms with Crippen molar-refractivity contribution in [2.75, 3.05) is 18.5 Å². The number of aryl methyl sites for hydroxylation is 1. The van der Waals surface area contributed by atoms with Crippen molar-refractivity contribution < 1.29 is 18.0 Å². The zero-order valence-electron chi connectivity index (χ0n) is 18.1. The number of benzene rings is 1. The normalized spacial score (nSPS) is 12.8. The second kappa shape index (κ2) is 12.8. The minimum absolute atomic E-state index is 0.221. The van der Waals surface area contributed by atoms with E-state index in [9.17, 15) is 8.96 Å². The molecule has 10 heteroatoms. The Morgan fingerprint density at radius 1 is 1.03 bits per heavy atom. The van der Waals surface area contributed by atoms with Gasteiger partial charge >= 0.3 is 7.60 Å². The summed E-state index contributed by atoms with van der Waals surface area (Å²) >= 11 is 0. The van der Waals surface area contributed by atoms with Crippen LogP contribution in [0.2, 0.25) is 0 Å². The summed E-state index contributed by atoms with van der Waals surface area (Å²) in [6.45, 7) is 7.38. The number of unbranched alkanes of at least 4 members (excludes halogenated alkanes) is 3. The lowest BCUT2D eigenvalue weighted by atomic mass is 10.2. The summed E-state index contributed by atoms with van der Waals surface area (Å²) in [4.78, 5) is 1.49. The minimum atomic E-state index is -3.65. The van der Waals surface area contributed by atoms with Crippen LogP contribution in [-0.4, -0.2) is 33.4 Å². The van der Waals surface area contributed by atoms with Crippen molar-refractivity contribution in [3.63, 3.8) is 0 Å². The van der Waals surface area contributed by atoms with E-state index in [4.69, 9.17) is 9.05 Å². The molecule has 1 heterocycles. The van der Waals surface area contributed by atoms with Gasteiger partial charge in [-0.25, -0.2) is 4.39 Å². The third-order valence-electron chi connectivity index (χ3n) is 4.47. The zero-order valence-corrected chi connectivity index (χ0v) is 19.0. The van der Waals surface area contributed by atoms with Gasteiger partial charge in [0.1, 0.15) is 5.82 Å². The van der Waals surface area contributed by atoms with Crippen LogP contribution in [0.4, 0.5) is 10.3 Å². The van der Waals surface area contributed by atoms with Gasteiger partial charge in [-0.3, -0.25) is 4.57 Å². The Morgan fingerprint density at radius 3 is 2.20 bits per heavy atom. The molecule has 0 aliphatic carbocycles. The average Bonchev–Trinajstić information content (AvgIpc) is 3.19. The van der Waals surface area contributed by atoms with Gasteiger partial charge in [0.25, 0.3) is 5.95 Å². The summed E-state index contributed by atoms with van der Waals surface area (Å²) in [5.74, 6) is -1.04. The Morgan fingerprint density at radius 2 is 1.63 bits per heavy atom. The molecule has 0 saturated carbocycles. The van der Waals surface area contributed by atoms with E-state index in [2.05, 4.69) is 27.7 Å². The van der Waals surface area contributed by atoms with E-state index < -0.39 is 13.4 Å². The molecule has 0 unspecified atom stereocenters. The van der Waals surface area contributed by atoms with Gasteiger partial charge < -0.3 is 14.4 Å². The van der Waals surface area contributed by atoms with Crippen LogP contribution in [0.3, 0.4) is 0 Å². The van der Waals surface area contributed by atoms with Gasteiger partial charge in [-0.2, -0.15) is 4.80 Å². The fourth-order valence-electron chi connectivity index (χ4n) is 2.67. The molecule has 1 atom stereocenters. The third kappa shape index (κ3) is 7.45. The maximum atomic E-state index is 13.8. The summed E-state index contributed by atoms with van der Waals surface area (Å²) in [6.07, 6.45) is 5.24. The highest BCUT2D eigenvalue weighted by Gasteiger charge is 2.38. The molecule has 0 radical (unpaired) electrons. The van der Waals surface area contributed by atoms with E-state index in [0.717, 1.165) is 38.5 Å². The molecule has 2 rings (SSSR count). The quantitative estimate of drug-likeness (QED) is 0.286. The summed E-state index contributed by atoms with van der Waals surface area (Å²) in [5.41, 5.74) is 0.567. The van der Waals surface area contributed by atoms with Crippen LogP contribution >= 0.6 is 7.60 Å². The fourth-order valence-corrected chi connectivity index (χ4v) is 4.62. The molecule has 1 aromatic carbocycles. The number of rotatable bonds is 15. The van der Waals surface area contributed by atoms with Gasteiger partial charge in [0.05, 0.1) is 19.8 Å². The molecule has 0 bridgehead atoms. The highest BCUT2D eigenvalue weighted by molar-refractivity contribution is 7.54. The van der Waals surface area contributed by atoms with Gasteiger partial charge in [0.2, 0.25) is 0 Å². The molecule has 0 fully saturated rings. The molecule has 1 N–H and O–H groups in total. The second-order valence-corrected chi connectivity index (χ2v) is 9.19. The molecule has 0 spiro atoms. The Balaban J connectivity index is 2.31. The molecule has 0 aliphatic heterocycles. The number of nitrogens with zero attached hydrogens (tertiary/aromatic N) is 4. The number of anilines is 1. The van der Waals surface area contributed by atoms with Crippen molar-refractivity contribution in [1.82, 2.24) is 20.2 Å². The van der Waals surface area contributed by atoms with Crippen LogP contribution < -0.4 is 5.32 Å². The third-order valence-corrected chi connectivity index (χ3v) is 6.62. The zero-order chi connectivity index (χ0) is 21.8. The van der Waals surface area contributed by atoms with E-state index in [0.29, 0.717) is 25.3 Å². The van der Waals surface area contributed by atoms with Crippen molar-refractivity contribution in [2.45, 2.75) is 71.6 Å². The minimum Gasteiger partial charge on any atom is -0.334 e. The van der Waals surface area contributed by atoms with Crippen LogP contribution in [0.1, 0.15) is 70.6 Å². The van der Waals surface area contributed by atoms with Crippen LogP contribution in [0, 0.1) is 5.82 Å². The maximum absolute atomic E-state index is 13.8. The summed E-state index contributed by atoms with van der Waals surface area (Å²) < 4.78 is 39.0. The second-order valence-electron chi connectivity index (χ2n) is 7.07. The number of hydrogen-bond acceptors (Lipinski definition) is 7. The van der Waals surface area contributed by atoms with Gasteiger partial charge in [0.15, 0.2) is 5.78 Å². The Kier molecular flexibility index (Phi) is 10.4. The van der Waals surface area contributed by atoms with Crippen molar-refractivity contribution in [3.8, 4) is 0 Å².